The van der Waals surface area contributed by atoms with Gasteiger partial charge in [-0.2, -0.15) is 0 Å². The highest BCUT2D eigenvalue weighted by Crippen LogP contribution is 2.11. The fourth-order valence-electron chi connectivity index (χ4n) is 4.65. The average molecular weight is 555 g/mol. The van der Waals surface area contributed by atoms with Gasteiger partial charge in [0.25, 0.3) is 0 Å². The molecule has 1 amide bonds. The molecule has 0 aromatic rings. The molecule has 0 aromatic carbocycles. The minimum Gasteiger partial charge on any atom is -0.481 e. The van der Waals surface area contributed by atoms with Gasteiger partial charge in [0.15, 0.2) is 0 Å². The van der Waals surface area contributed by atoms with Gasteiger partial charge in [0.2, 0.25) is 5.91 Å². The smallest absolute Gasteiger partial charge is 0.305 e. The summed E-state index contributed by atoms with van der Waals surface area (Å²) < 4.78 is 5.38. The first-order chi connectivity index (χ1) is 18.9. The zero-order valence-corrected chi connectivity index (χ0v) is 25.8. The summed E-state index contributed by atoms with van der Waals surface area (Å²) in [6.45, 7) is 10.5. The molecule has 0 unspecified atom stereocenters. The predicted octanol–water partition coefficient (Wildman–Crippen LogP) is 7.51. The normalized spacial score (nSPS) is 11.3. The number of rotatable bonds is 29. The van der Waals surface area contributed by atoms with Crippen LogP contribution in [0.3, 0.4) is 0 Å². The molecule has 0 spiro atoms. The van der Waals surface area contributed by atoms with Crippen LogP contribution in [0.5, 0.6) is 0 Å². The second-order valence-corrected chi connectivity index (χ2v) is 11.4. The van der Waals surface area contributed by atoms with E-state index in [0.29, 0.717) is 13.0 Å². The van der Waals surface area contributed by atoms with E-state index in [1.54, 1.807) is 0 Å². The van der Waals surface area contributed by atoms with Crippen LogP contribution in [-0.4, -0.2) is 60.6 Å². The van der Waals surface area contributed by atoms with Crippen molar-refractivity contribution in [2.75, 3.05) is 32.8 Å². The van der Waals surface area contributed by atoms with Gasteiger partial charge in [0.05, 0.1) is 6.61 Å². The number of unbranched alkanes of at least 4 members (excludes halogenated alkanes) is 14. The van der Waals surface area contributed by atoms with Crippen molar-refractivity contribution in [3.05, 3.63) is 0 Å². The Morgan fingerprint density at radius 1 is 0.667 bits per heavy atom. The number of ether oxygens (including phenoxy) is 1. The van der Waals surface area contributed by atoms with E-state index in [9.17, 15) is 14.4 Å². The number of carbonyl (C=O) groups excluding carboxylic acids is 2. The number of nitrogens with one attached hydrogen (secondary N) is 1. The Labute approximate surface area is 240 Å². The lowest BCUT2D eigenvalue weighted by Crippen LogP contribution is -2.33. The summed E-state index contributed by atoms with van der Waals surface area (Å²) in [5.74, 6) is -0.608. The number of hydrogen-bond donors (Lipinski definition) is 2. The molecule has 0 bridgehead atoms. The molecule has 7 nitrogen and oxygen atoms in total. The van der Waals surface area contributed by atoms with Crippen molar-refractivity contribution in [2.24, 2.45) is 5.92 Å². The fourth-order valence-corrected chi connectivity index (χ4v) is 4.65. The molecule has 0 heterocycles. The molecule has 0 aliphatic heterocycles. The molecule has 0 rings (SSSR count). The van der Waals surface area contributed by atoms with E-state index in [-0.39, 0.29) is 24.2 Å². The van der Waals surface area contributed by atoms with Crippen molar-refractivity contribution in [1.82, 2.24) is 10.2 Å². The maximum Gasteiger partial charge on any atom is 0.305 e. The highest BCUT2D eigenvalue weighted by molar-refractivity contribution is 5.77. The molecule has 0 atom stereocenters. The zero-order valence-electron chi connectivity index (χ0n) is 25.8. The Bertz CT molecular complexity index is 597. The number of carboxylic acid groups (broad SMARTS) is 1. The Hall–Kier alpha value is -1.63. The molecule has 0 saturated heterocycles. The molecule has 0 saturated carbocycles. The van der Waals surface area contributed by atoms with Crippen molar-refractivity contribution in [3.8, 4) is 0 Å². The topological polar surface area (TPSA) is 95.9 Å². The van der Waals surface area contributed by atoms with Crippen LogP contribution in [-0.2, 0) is 19.1 Å². The summed E-state index contributed by atoms with van der Waals surface area (Å²) in [4.78, 5) is 36.9. The van der Waals surface area contributed by atoms with Gasteiger partial charge in [0.1, 0.15) is 0 Å². The minimum absolute atomic E-state index is 0.0224. The van der Waals surface area contributed by atoms with E-state index < -0.39 is 5.97 Å². The summed E-state index contributed by atoms with van der Waals surface area (Å²) >= 11 is 0. The lowest BCUT2D eigenvalue weighted by atomic mass is 10.1. The minimum atomic E-state index is -0.704. The van der Waals surface area contributed by atoms with E-state index >= 15 is 0 Å². The van der Waals surface area contributed by atoms with Crippen molar-refractivity contribution in [1.29, 1.82) is 0 Å². The predicted molar refractivity (Wildman–Crippen MR) is 161 cm³/mol. The van der Waals surface area contributed by atoms with E-state index in [0.717, 1.165) is 103 Å². The molecule has 0 aromatic heterocycles. The number of esters is 1. The summed E-state index contributed by atoms with van der Waals surface area (Å²) in [6, 6.07) is 0. The molecule has 0 aliphatic rings. The Morgan fingerprint density at radius 3 is 1.72 bits per heavy atom. The third-order valence-corrected chi connectivity index (χ3v) is 7.21. The average Bonchev–Trinajstić information content (AvgIpc) is 2.90. The van der Waals surface area contributed by atoms with Gasteiger partial charge in [-0.05, 0) is 58.2 Å². The SMILES string of the molecule is CCCCCCCCCOC(=O)CCCCCCCN(CCCCCCCC(=O)O)CCCNC(=O)C(C)C. The quantitative estimate of drug-likeness (QED) is 0.0734. The maximum atomic E-state index is 11.9. The number of nitrogens with zero attached hydrogens (tertiary/aromatic N) is 1. The molecule has 230 valence electrons. The van der Waals surface area contributed by atoms with Crippen molar-refractivity contribution in [2.45, 2.75) is 149 Å². The second-order valence-electron chi connectivity index (χ2n) is 11.4. The van der Waals surface area contributed by atoms with Gasteiger partial charge in [-0.1, -0.05) is 97.8 Å². The Balaban J connectivity index is 3.93. The maximum absolute atomic E-state index is 11.9. The molecule has 0 fully saturated rings. The van der Waals surface area contributed by atoms with E-state index in [1.165, 1.54) is 38.5 Å². The van der Waals surface area contributed by atoms with Gasteiger partial charge < -0.3 is 20.1 Å². The van der Waals surface area contributed by atoms with E-state index in [2.05, 4.69) is 17.1 Å². The third kappa shape index (κ3) is 27.7. The highest BCUT2D eigenvalue weighted by Gasteiger charge is 2.08. The summed E-state index contributed by atoms with van der Waals surface area (Å²) in [5, 5.41) is 11.8. The van der Waals surface area contributed by atoms with Crippen molar-refractivity contribution >= 4 is 17.8 Å². The summed E-state index contributed by atoms with van der Waals surface area (Å²) in [6.07, 6.45) is 21.0. The second kappa shape index (κ2) is 27.9. The van der Waals surface area contributed by atoms with Gasteiger partial charge in [-0.25, -0.2) is 0 Å². The summed E-state index contributed by atoms with van der Waals surface area (Å²) in [5.41, 5.74) is 0. The van der Waals surface area contributed by atoms with Crippen LogP contribution in [0, 0.1) is 5.92 Å². The Kier molecular flexibility index (Phi) is 26.8. The van der Waals surface area contributed by atoms with Crippen LogP contribution in [0.2, 0.25) is 0 Å². The molecular weight excluding hydrogens is 492 g/mol. The van der Waals surface area contributed by atoms with Gasteiger partial charge in [-0.3, -0.25) is 14.4 Å². The van der Waals surface area contributed by atoms with E-state index in [1.807, 2.05) is 13.8 Å². The van der Waals surface area contributed by atoms with Gasteiger partial charge >= 0.3 is 11.9 Å². The largest absolute Gasteiger partial charge is 0.481 e. The van der Waals surface area contributed by atoms with Crippen LogP contribution in [0.15, 0.2) is 0 Å². The van der Waals surface area contributed by atoms with Crippen LogP contribution >= 0.6 is 0 Å². The van der Waals surface area contributed by atoms with Crippen LogP contribution < -0.4 is 5.32 Å². The molecule has 0 aliphatic carbocycles. The van der Waals surface area contributed by atoms with Crippen LogP contribution in [0.4, 0.5) is 0 Å². The number of amides is 1. The summed E-state index contributed by atoms with van der Waals surface area (Å²) in [7, 11) is 0. The monoisotopic (exact) mass is 554 g/mol. The van der Waals surface area contributed by atoms with Crippen LogP contribution in [0.1, 0.15) is 149 Å². The lowest BCUT2D eigenvalue weighted by Gasteiger charge is -2.22. The number of hydrogen-bond acceptors (Lipinski definition) is 5. The van der Waals surface area contributed by atoms with Crippen LogP contribution in [0.25, 0.3) is 0 Å². The number of aliphatic carboxylic acids is 1. The number of carbonyl (C=O) groups is 3. The first kappa shape index (κ1) is 37.4. The standard InChI is InChI=1S/C32H62N2O5/c1-4-5-6-7-8-15-20-28-39-31(37)23-17-12-10-14-19-26-34(27-21-24-33-32(38)29(2)3)25-18-13-9-11-16-22-30(35)36/h29H,4-28H2,1-3H3,(H,33,38)(H,35,36). The molecule has 7 heteroatoms. The van der Waals surface area contributed by atoms with E-state index in [4.69, 9.17) is 9.84 Å². The zero-order chi connectivity index (χ0) is 29.0. The Morgan fingerprint density at radius 2 is 1.15 bits per heavy atom. The molecule has 0 radical (unpaired) electrons. The first-order valence-electron chi connectivity index (χ1n) is 16.2. The molecular formula is C32H62N2O5. The fraction of sp³-hybridized carbons (Fsp3) is 0.906. The number of carboxylic acids is 1. The van der Waals surface area contributed by atoms with Crippen molar-refractivity contribution in [3.63, 3.8) is 0 Å². The van der Waals surface area contributed by atoms with Gasteiger partial charge in [-0.15, -0.1) is 0 Å². The highest BCUT2D eigenvalue weighted by atomic mass is 16.5. The third-order valence-electron chi connectivity index (χ3n) is 7.21. The van der Waals surface area contributed by atoms with Gasteiger partial charge in [0, 0.05) is 25.3 Å². The van der Waals surface area contributed by atoms with Crippen molar-refractivity contribution < 1.29 is 24.2 Å². The molecule has 39 heavy (non-hydrogen) atoms. The lowest BCUT2D eigenvalue weighted by molar-refractivity contribution is -0.144. The molecule has 2 N–H and O–H groups in total. The first-order valence-corrected chi connectivity index (χ1v) is 16.2.